The number of rotatable bonds is 9. The van der Waals surface area contributed by atoms with Gasteiger partial charge in [-0.2, -0.15) is 0 Å². The third kappa shape index (κ3) is 6.99. The maximum Gasteiger partial charge on any atom is 0.258 e. The van der Waals surface area contributed by atoms with Crippen LogP contribution in [-0.2, 0) is 6.42 Å². The fraction of sp³-hybridized carbons (Fsp3) is 0.345. The van der Waals surface area contributed by atoms with E-state index in [0.29, 0.717) is 24.1 Å². The first kappa shape index (κ1) is 25.5. The molecule has 2 aromatic carbocycles. The van der Waals surface area contributed by atoms with E-state index < -0.39 is 0 Å². The number of carbonyl (C=O) groups excluding carboxylic acids is 2. The van der Waals surface area contributed by atoms with E-state index in [9.17, 15) is 9.59 Å². The van der Waals surface area contributed by atoms with Crippen LogP contribution in [0.25, 0.3) is 0 Å². The average Bonchev–Trinajstić information content (AvgIpc) is 2.92. The molecule has 0 bridgehead atoms. The summed E-state index contributed by atoms with van der Waals surface area (Å²) >= 11 is 0. The summed E-state index contributed by atoms with van der Waals surface area (Å²) in [5, 5.41) is 3.06. The number of nitrogens with one attached hydrogen (secondary N) is 1. The third-order valence-electron chi connectivity index (χ3n) is 6.66. The molecule has 0 spiro atoms. The minimum absolute atomic E-state index is 0.0434. The molecule has 7 heteroatoms. The Morgan fingerprint density at radius 2 is 1.56 bits per heavy atom. The Morgan fingerprint density at radius 1 is 0.917 bits per heavy atom. The van der Waals surface area contributed by atoms with Crippen LogP contribution in [0, 0.1) is 0 Å². The van der Waals surface area contributed by atoms with Gasteiger partial charge in [0.1, 0.15) is 0 Å². The molecule has 188 valence electrons. The van der Waals surface area contributed by atoms with E-state index in [2.05, 4.69) is 27.1 Å². The number of hydrogen-bond acceptors (Lipinski definition) is 5. The Bertz CT molecular complexity index is 1160. The van der Waals surface area contributed by atoms with Gasteiger partial charge in [0.2, 0.25) is 0 Å². The summed E-state index contributed by atoms with van der Waals surface area (Å²) in [5.74, 6) is -0.120. The monoisotopic (exact) mass is 485 g/mol. The van der Waals surface area contributed by atoms with E-state index in [1.165, 1.54) is 0 Å². The number of carbonyl (C=O) groups is 2. The van der Waals surface area contributed by atoms with Crippen molar-refractivity contribution < 1.29 is 9.59 Å². The summed E-state index contributed by atoms with van der Waals surface area (Å²) in [6.45, 7) is 6.10. The summed E-state index contributed by atoms with van der Waals surface area (Å²) in [6.07, 6.45) is 4.94. The number of nitrogens with zero attached hydrogens (tertiary/aromatic N) is 4. The quantitative estimate of drug-likeness (QED) is 0.471. The Kier molecular flexibility index (Phi) is 8.81. The molecule has 1 saturated heterocycles. The summed E-state index contributed by atoms with van der Waals surface area (Å²) in [4.78, 5) is 36.1. The van der Waals surface area contributed by atoms with Crippen LogP contribution in [0.1, 0.15) is 38.3 Å². The molecule has 0 atom stereocenters. The fourth-order valence-corrected chi connectivity index (χ4v) is 4.43. The fourth-order valence-electron chi connectivity index (χ4n) is 4.43. The van der Waals surface area contributed by atoms with Crippen molar-refractivity contribution in [2.24, 2.45) is 0 Å². The van der Waals surface area contributed by atoms with Crippen LogP contribution in [0.5, 0.6) is 0 Å². The van der Waals surface area contributed by atoms with Crippen molar-refractivity contribution >= 4 is 17.5 Å². The van der Waals surface area contributed by atoms with Crippen LogP contribution in [0.3, 0.4) is 0 Å². The Labute approximate surface area is 213 Å². The van der Waals surface area contributed by atoms with Gasteiger partial charge >= 0.3 is 0 Å². The van der Waals surface area contributed by atoms with Crippen molar-refractivity contribution in [2.45, 2.75) is 12.8 Å². The number of pyridine rings is 1. The Morgan fingerprint density at radius 3 is 2.25 bits per heavy atom. The van der Waals surface area contributed by atoms with Gasteiger partial charge in [-0.3, -0.25) is 14.6 Å². The highest BCUT2D eigenvalue weighted by Crippen LogP contribution is 2.17. The first-order valence-electron chi connectivity index (χ1n) is 12.5. The number of piperazine rings is 1. The average molecular weight is 486 g/mol. The Balaban J connectivity index is 1.31. The Hall–Kier alpha value is -3.55. The van der Waals surface area contributed by atoms with Crippen LogP contribution < -0.4 is 10.2 Å². The van der Waals surface area contributed by atoms with Gasteiger partial charge in [-0.05, 0) is 74.0 Å². The van der Waals surface area contributed by atoms with Crippen molar-refractivity contribution in [1.29, 1.82) is 0 Å². The highest BCUT2D eigenvalue weighted by atomic mass is 16.2. The van der Waals surface area contributed by atoms with Crippen molar-refractivity contribution in [3.8, 4) is 0 Å². The maximum absolute atomic E-state index is 13.0. The van der Waals surface area contributed by atoms with Crippen molar-refractivity contribution in [3.63, 3.8) is 0 Å². The predicted octanol–water partition coefficient (Wildman–Crippen LogP) is 3.32. The maximum atomic E-state index is 13.0. The molecule has 1 aromatic heterocycles. The second kappa shape index (κ2) is 12.4. The zero-order valence-electron chi connectivity index (χ0n) is 21.2. The third-order valence-corrected chi connectivity index (χ3v) is 6.66. The smallest absolute Gasteiger partial charge is 0.258 e. The first-order valence-corrected chi connectivity index (χ1v) is 12.5. The van der Waals surface area contributed by atoms with E-state index in [1.54, 1.807) is 24.3 Å². The van der Waals surface area contributed by atoms with Gasteiger partial charge in [0.05, 0.1) is 0 Å². The molecule has 0 unspecified atom stereocenters. The normalized spacial score (nSPS) is 14.4. The van der Waals surface area contributed by atoms with Crippen LogP contribution >= 0.6 is 0 Å². The van der Waals surface area contributed by atoms with E-state index in [-0.39, 0.29) is 11.8 Å². The lowest BCUT2D eigenvalue weighted by Gasteiger charge is -2.32. The number of amides is 2. The van der Waals surface area contributed by atoms with E-state index >= 15 is 0 Å². The van der Waals surface area contributed by atoms with E-state index in [1.807, 2.05) is 60.7 Å². The molecular formula is C29H35N5O2. The summed E-state index contributed by atoms with van der Waals surface area (Å²) in [5.41, 5.74) is 4.14. The zero-order valence-corrected chi connectivity index (χ0v) is 21.2. The molecule has 2 heterocycles. The second-order valence-electron chi connectivity index (χ2n) is 9.40. The molecule has 1 aliphatic heterocycles. The van der Waals surface area contributed by atoms with Gasteiger partial charge < -0.3 is 20.0 Å². The number of benzene rings is 2. The number of anilines is 1. The molecule has 7 nitrogen and oxygen atoms in total. The summed E-state index contributed by atoms with van der Waals surface area (Å²) < 4.78 is 0. The van der Waals surface area contributed by atoms with Crippen LogP contribution in [0.15, 0.2) is 73.1 Å². The van der Waals surface area contributed by atoms with Gasteiger partial charge in [-0.25, -0.2) is 0 Å². The predicted molar refractivity (Wildman–Crippen MR) is 144 cm³/mol. The molecule has 1 aliphatic rings. The van der Waals surface area contributed by atoms with Crippen molar-refractivity contribution in [1.82, 2.24) is 20.1 Å². The van der Waals surface area contributed by atoms with Gasteiger partial charge in [-0.1, -0.05) is 24.3 Å². The highest BCUT2D eigenvalue weighted by Gasteiger charge is 2.15. The second-order valence-corrected chi connectivity index (χ2v) is 9.40. The molecular weight excluding hydrogens is 450 g/mol. The minimum Gasteiger partial charge on any atom is -0.352 e. The molecule has 2 amide bonds. The molecule has 1 N–H and O–H groups in total. The van der Waals surface area contributed by atoms with Gasteiger partial charge in [0.15, 0.2) is 0 Å². The molecule has 4 rings (SSSR count). The summed E-state index contributed by atoms with van der Waals surface area (Å²) in [7, 11) is 3.92. The van der Waals surface area contributed by atoms with Crippen LogP contribution in [-0.4, -0.2) is 80.0 Å². The standard InChI is InChI=1S/C29H35N5O2/c1-32-16-18-34(19-17-32)15-5-12-31-28(35)25-8-3-6-23(21-25)20-24-7-4-9-26(22-24)29(36)33(2)27-10-13-30-14-11-27/h3-4,6-11,13-14,21-22H,5,12,15-20H2,1-2H3,(H,31,35). The molecule has 36 heavy (non-hydrogen) atoms. The van der Waals surface area contributed by atoms with E-state index in [0.717, 1.165) is 56.0 Å². The largest absolute Gasteiger partial charge is 0.352 e. The number of aromatic nitrogens is 1. The summed E-state index contributed by atoms with van der Waals surface area (Å²) in [6, 6.07) is 19.0. The van der Waals surface area contributed by atoms with Gasteiger partial charge in [0.25, 0.3) is 11.8 Å². The van der Waals surface area contributed by atoms with Crippen molar-refractivity contribution in [3.05, 3.63) is 95.3 Å². The molecule has 0 aliphatic carbocycles. The van der Waals surface area contributed by atoms with Crippen LogP contribution in [0.4, 0.5) is 5.69 Å². The molecule has 0 radical (unpaired) electrons. The topological polar surface area (TPSA) is 68.8 Å². The molecule has 0 saturated carbocycles. The van der Waals surface area contributed by atoms with Crippen LogP contribution in [0.2, 0.25) is 0 Å². The number of likely N-dealkylation sites (N-methyl/N-ethyl adjacent to an activating group) is 1. The number of hydrogen-bond donors (Lipinski definition) is 1. The van der Waals surface area contributed by atoms with Gasteiger partial charge in [-0.15, -0.1) is 0 Å². The molecule has 3 aromatic rings. The minimum atomic E-state index is -0.0762. The first-order chi connectivity index (χ1) is 17.5. The SMILES string of the molecule is CN1CCN(CCCNC(=O)c2cccc(Cc3cccc(C(=O)N(C)c4ccncc4)c3)c2)CC1. The molecule has 1 fully saturated rings. The highest BCUT2D eigenvalue weighted by molar-refractivity contribution is 6.05. The zero-order chi connectivity index (χ0) is 25.3. The lowest BCUT2D eigenvalue weighted by atomic mass is 10.0. The van der Waals surface area contributed by atoms with Gasteiger partial charge in [0, 0.05) is 69.0 Å². The lowest BCUT2D eigenvalue weighted by molar-refractivity contribution is 0.0948. The lowest BCUT2D eigenvalue weighted by Crippen LogP contribution is -2.45. The van der Waals surface area contributed by atoms with Crippen molar-refractivity contribution in [2.75, 3.05) is 58.3 Å². The van der Waals surface area contributed by atoms with E-state index in [4.69, 9.17) is 0 Å².